The van der Waals surface area contributed by atoms with Crippen LogP contribution in [0.4, 0.5) is 0 Å². The molecule has 3 aromatic rings. The van der Waals surface area contributed by atoms with Crippen molar-refractivity contribution in [3.05, 3.63) is 63.3 Å². The second kappa shape index (κ2) is 10.9. The predicted octanol–water partition coefficient (Wildman–Crippen LogP) is 4.89. The Bertz CT molecular complexity index is 1350. The molecule has 0 saturated carbocycles. The number of carboxylic acid groups (broad SMARTS) is 1. The summed E-state index contributed by atoms with van der Waals surface area (Å²) in [6.45, 7) is 6.62. The molecular formula is C23H24Cl2LiN2O5S. The van der Waals surface area contributed by atoms with E-state index in [0.29, 0.717) is 11.3 Å². The number of rotatable bonds is 8. The minimum atomic E-state index is -4.26. The van der Waals surface area contributed by atoms with E-state index in [0.717, 1.165) is 16.6 Å². The second-order valence-electron chi connectivity index (χ2n) is 7.96. The molecule has 1 radical (unpaired) electrons. The van der Waals surface area contributed by atoms with Gasteiger partial charge in [0, 0.05) is 40.5 Å². The molecule has 3 rings (SSSR count). The fraction of sp³-hybridized carbons (Fsp3) is 0.304. The van der Waals surface area contributed by atoms with Crippen molar-refractivity contribution < 1.29 is 23.1 Å². The molecule has 7 nitrogen and oxygen atoms in total. The maximum Gasteiger partial charge on any atom is 0.324 e. The number of para-hydroxylation sites is 1. The van der Waals surface area contributed by atoms with E-state index in [1.165, 1.54) is 19.1 Å². The molecule has 177 valence electrons. The van der Waals surface area contributed by atoms with E-state index in [1.54, 1.807) is 13.0 Å². The Morgan fingerprint density at radius 1 is 1.21 bits per heavy atom. The molecule has 1 atom stereocenters. The summed E-state index contributed by atoms with van der Waals surface area (Å²) in [4.78, 5) is 15.9. The number of aliphatic carboxylic acids is 1. The van der Waals surface area contributed by atoms with E-state index < -0.39 is 21.5 Å². The Labute approximate surface area is 221 Å². The van der Waals surface area contributed by atoms with Crippen molar-refractivity contribution in [1.29, 1.82) is 0 Å². The summed E-state index contributed by atoms with van der Waals surface area (Å²) < 4.78 is 34.1. The first-order chi connectivity index (χ1) is 15.4. The number of carbonyl (C=O) groups is 1. The van der Waals surface area contributed by atoms with Crippen LogP contribution in [0.25, 0.3) is 10.9 Å². The van der Waals surface area contributed by atoms with Gasteiger partial charge in [0.2, 0.25) is 10.0 Å². The zero-order valence-electron chi connectivity index (χ0n) is 19.6. The van der Waals surface area contributed by atoms with Gasteiger partial charge in [0.1, 0.15) is 28.3 Å². The molecule has 1 heterocycles. The van der Waals surface area contributed by atoms with E-state index in [4.69, 9.17) is 27.9 Å². The van der Waals surface area contributed by atoms with Crippen molar-refractivity contribution >= 4 is 69.0 Å². The molecule has 11 heteroatoms. The summed E-state index contributed by atoms with van der Waals surface area (Å²) in [7, 11) is -4.26. The van der Waals surface area contributed by atoms with Crippen LogP contribution in [-0.4, -0.2) is 48.9 Å². The van der Waals surface area contributed by atoms with Gasteiger partial charge in [-0.1, -0.05) is 42.3 Å². The Balaban J connectivity index is 0.00000408. The molecule has 0 unspecified atom stereocenters. The molecular weight excluding hydrogens is 494 g/mol. The van der Waals surface area contributed by atoms with Crippen LogP contribution in [0.15, 0.2) is 41.3 Å². The number of aromatic nitrogens is 1. The van der Waals surface area contributed by atoms with Crippen LogP contribution in [0, 0.1) is 13.8 Å². The van der Waals surface area contributed by atoms with Crippen molar-refractivity contribution in [3.8, 4) is 5.75 Å². The summed E-state index contributed by atoms with van der Waals surface area (Å²) in [5.74, 6) is -0.793. The first-order valence-corrected chi connectivity index (χ1v) is 12.4. The van der Waals surface area contributed by atoms with Crippen LogP contribution in [0.1, 0.15) is 37.1 Å². The SMILES string of the molecule is CC[C@@](C)(NS(=O)(=O)c1ccc(Cl)c(COc2cccc3c(C)cc(C)nc23)c1Cl)C(=O)O.[Li]. The molecule has 2 aromatic carbocycles. The number of halogens is 2. The quantitative estimate of drug-likeness (QED) is 0.412. The molecule has 2 N–H and O–H groups in total. The summed E-state index contributed by atoms with van der Waals surface area (Å²) in [6, 6.07) is 10.1. The van der Waals surface area contributed by atoms with Gasteiger partial charge in [-0.25, -0.2) is 13.4 Å². The molecule has 1 aromatic heterocycles. The number of nitrogens with zero attached hydrogens (tertiary/aromatic N) is 1. The van der Waals surface area contributed by atoms with Crippen molar-refractivity contribution in [2.75, 3.05) is 0 Å². The summed E-state index contributed by atoms with van der Waals surface area (Å²) in [6.07, 6.45) is 0.0374. The van der Waals surface area contributed by atoms with Crippen molar-refractivity contribution in [3.63, 3.8) is 0 Å². The first kappa shape index (κ1) is 28.4. The minimum absolute atomic E-state index is 0. The monoisotopic (exact) mass is 517 g/mol. The van der Waals surface area contributed by atoms with Gasteiger partial charge < -0.3 is 9.84 Å². The fourth-order valence-corrected chi connectivity index (χ4v) is 5.68. The third-order valence-corrected chi connectivity index (χ3v) is 8.02. The number of aryl methyl sites for hydroxylation is 2. The van der Waals surface area contributed by atoms with Crippen LogP contribution in [0.5, 0.6) is 5.75 Å². The normalized spacial score (nSPS) is 13.2. The van der Waals surface area contributed by atoms with E-state index in [1.807, 2.05) is 32.0 Å². The number of nitrogens with one attached hydrogen (secondary N) is 1. The summed E-state index contributed by atoms with van der Waals surface area (Å²) >= 11 is 12.7. The maximum atomic E-state index is 13.0. The van der Waals surface area contributed by atoms with Crippen molar-refractivity contribution in [2.24, 2.45) is 0 Å². The number of benzene rings is 2. The molecule has 0 spiro atoms. The van der Waals surface area contributed by atoms with Gasteiger partial charge >= 0.3 is 5.97 Å². The Hall–Kier alpha value is -1.79. The number of ether oxygens (including phenoxy) is 1. The molecule has 0 bridgehead atoms. The first-order valence-electron chi connectivity index (χ1n) is 10.1. The number of hydrogen-bond acceptors (Lipinski definition) is 5. The predicted molar refractivity (Wildman–Crippen MR) is 134 cm³/mol. The van der Waals surface area contributed by atoms with Crippen LogP contribution in [-0.2, 0) is 21.4 Å². The van der Waals surface area contributed by atoms with Gasteiger partial charge in [-0.05, 0) is 57.0 Å². The maximum absolute atomic E-state index is 13.0. The Morgan fingerprint density at radius 3 is 2.50 bits per heavy atom. The Kier molecular flexibility index (Phi) is 9.09. The molecule has 0 aliphatic carbocycles. The van der Waals surface area contributed by atoms with Gasteiger partial charge in [0.05, 0.1) is 5.02 Å². The van der Waals surface area contributed by atoms with Gasteiger partial charge in [0.25, 0.3) is 0 Å². The van der Waals surface area contributed by atoms with E-state index in [9.17, 15) is 18.3 Å². The number of hydrogen-bond donors (Lipinski definition) is 2. The standard InChI is InChI=1S/C23H24Cl2N2O5S.Li/c1-5-23(4,22(28)29)27-33(30,31)19-10-9-17(24)16(20(19)25)12-32-18-8-6-7-15-13(2)11-14(3)26-21(15)18;/h6-11,27H,5,12H2,1-4H3,(H,28,29);/t23-;/m1./s1. The van der Waals surface area contributed by atoms with Gasteiger partial charge in [-0.15, -0.1) is 0 Å². The second-order valence-corrected chi connectivity index (χ2v) is 10.4. The minimum Gasteiger partial charge on any atom is -0.487 e. The van der Waals surface area contributed by atoms with Gasteiger partial charge in [0.15, 0.2) is 0 Å². The average molecular weight is 518 g/mol. The molecule has 0 aliphatic rings. The van der Waals surface area contributed by atoms with E-state index in [2.05, 4.69) is 9.71 Å². The zero-order chi connectivity index (χ0) is 24.6. The molecule has 0 saturated heterocycles. The van der Waals surface area contributed by atoms with Crippen LogP contribution in [0.3, 0.4) is 0 Å². The number of pyridine rings is 1. The van der Waals surface area contributed by atoms with Crippen LogP contribution >= 0.6 is 23.2 Å². The Morgan fingerprint density at radius 2 is 1.88 bits per heavy atom. The zero-order valence-corrected chi connectivity index (χ0v) is 21.9. The fourth-order valence-electron chi connectivity index (χ4n) is 3.36. The van der Waals surface area contributed by atoms with Crippen LogP contribution < -0.4 is 9.46 Å². The number of sulfonamides is 1. The van der Waals surface area contributed by atoms with Crippen molar-refractivity contribution in [1.82, 2.24) is 9.71 Å². The largest absolute Gasteiger partial charge is 0.487 e. The average Bonchev–Trinajstić information content (AvgIpc) is 2.73. The number of carboxylic acids is 1. The molecule has 0 amide bonds. The summed E-state index contributed by atoms with van der Waals surface area (Å²) in [5.41, 5.74) is 1.13. The van der Waals surface area contributed by atoms with Crippen LogP contribution in [0.2, 0.25) is 10.0 Å². The molecule has 0 fully saturated rings. The topological polar surface area (TPSA) is 106 Å². The number of fused-ring (bicyclic) bond motifs is 1. The van der Waals surface area contributed by atoms with Gasteiger partial charge in [-0.2, -0.15) is 4.72 Å². The smallest absolute Gasteiger partial charge is 0.324 e. The van der Waals surface area contributed by atoms with Crippen molar-refractivity contribution in [2.45, 2.75) is 51.2 Å². The van der Waals surface area contributed by atoms with Gasteiger partial charge in [-0.3, -0.25) is 4.79 Å². The summed E-state index contributed by atoms with van der Waals surface area (Å²) in [5, 5.41) is 10.5. The third-order valence-electron chi connectivity index (χ3n) is 5.49. The third kappa shape index (κ3) is 5.71. The van der Waals surface area contributed by atoms with E-state index >= 15 is 0 Å². The molecule has 34 heavy (non-hydrogen) atoms. The molecule has 0 aliphatic heterocycles. The van der Waals surface area contributed by atoms with E-state index in [-0.39, 0.29) is 52.4 Å².